The molecule has 1 amide bonds. The van der Waals surface area contributed by atoms with Crippen LogP contribution < -0.4 is 5.32 Å². The summed E-state index contributed by atoms with van der Waals surface area (Å²) in [5.41, 5.74) is 2.44. The van der Waals surface area contributed by atoms with Gasteiger partial charge < -0.3 is 23.9 Å². The number of benzene rings is 1. The third-order valence-electron chi connectivity index (χ3n) is 4.35. The minimum atomic E-state index is -0.508. The zero-order chi connectivity index (χ0) is 21.0. The van der Waals surface area contributed by atoms with Crippen LogP contribution in [0.25, 0.3) is 16.7 Å². The van der Waals surface area contributed by atoms with E-state index in [4.69, 9.17) is 9.47 Å². The lowest BCUT2D eigenvalue weighted by Gasteiger charge is -2.12. The van der Waals surface area contributed by atoms with Crippen LogP contribution in [0.15, 0.2) is 42.6 Å². The Balaban J connectivity index is 2.00. The number of nitrogens with one attached hydrogen (secondary N) is 1. The number of nitrogens with zero attached hydrogens (tertiary/aromatic N) is 2. The third-order valence-corrected chi connectivity index (χ3v) is 4.35. The van der Waals surface area contributed by atoms with E-state index in [1.54, 1.807) is 43.7 Å². The summed E-state index contributed by atoms with van der Waals surface area (Å²) in [5.74, 6) is -1.08. The predicted molar refractivity (Wildman–Crippen MR) is 107 cm³/mol. The average molecular weight is 401 g/mol. The van der Waals surface area contributed by atoms with Gasteiger partial charge in [0.25, 0.3) is 0 Å². The van der Waals surface area contributed by atoms with E-state index < -0.39 is 5.97 Å². The van der Waals surface area contributed by atoms with E-state index in [2.05, 4.69) is 5.32 Å². The molecule has 0 saturated carbocycles. The quantitative estimate of drug-likeness (QED) is 0.465. The Morgan fingerprint density at radius 1 is 1.14 bits per heavy atom. The van der Waals surface area contributed by atoms with Crippen molar-refractivity contribution < 1.29 is 23.5 Å². The van der Waals surface area contributed by atoms with E-state index in [1.807, 2.05) is 16.8 Å². The summed E-state index contributed by atoms with van der Waals surface area (Å²) in [7, 11) is 1.56. The third kappa shape index (κ3) is 4.65. The van der Waals surface area contributed by atoms with Crippen molar-refractivity contribution in [2.75, 3.05) is 20.3 Å². The molecular weight excluding hydrogens is 377 g/mol. The number of hydrogen-bond donors (Lipinski definition) is 1. The zero-order valence-corrected chi connectivity index (χ0v) is 16.6. The van der Waals surface area contributed by atoms with E-state index in [0.29, 0.717) is 18.7 Å². The number of ether oxygens (including phenoxy) is 2. The van der Waals surface area contributed by atoms with Gasteiger partial charge in [0.1, 0.15) is 18.1 Å². The fourth-order valence-electron chi connectivity index (χ4n) is 3.08. The maximum Gasteiger partial charge on any atom is 0.355 e. The van der Waals surface area contributed by atoms with Crippen LogP contribution in [0.4, 0.5) is 4.39 Å². The van der Waals surface area contributed by atoms with Gasteiger partial charge in [0.05, 0.1) is 23.7 Å². The molecule has 154 valence electrons. The highest BCUT2D eigenvalue weighted by Crippen LogP contribution is 2.25. The smallest absolute Gasteiger partial charge is 0.355 e. The lowest BCUT2D eigenvalue weighted by molar-refractivity contribution is -0.121. The van der Waals surface area contributed by atoms with Crippen molar-refractivity contribution in [2.24, 2.45) is 0 Å². The number of halogens is 1. The molecule has 1 aromatic carbocycles. The summed E-state index contributed by atoms with van der Waals surface area (Å²) in [5, 5.41) is 2.75. The molecule has 29 heavy (non-hydrogen) atoms. The first-order valence-corrected chi connectivity index (χ1v) is 9.34. The fourth-order valence-corrected chi connectivity index (χ4v) is 3.08. The Kier molecular flexibility index (Phi) is 6.33. The lowest BCUT2D eigenvalue weighted by Crippen LogP contribution is -2.31. The largest absolute Gasteiger partial charge is 0.458 e. The van der Waals surface area contributed by atoms with Crippen LogP contribution in [0.2, 0.25) is 0 Å². The molecule has 2 aromatic heterocycles. The van der Waals surface area contributed by atoms with Crippen molar-refractivity contribution in [3.05, 3.63) is 54.1 Å². The van der Waals surface area contributed by atoms with Gasteiger partial charge in [-0.1, -0.05) is 0 Å². The van der Waals surface area contributed by atoms with Crippen LogP contribution in [-0.2, 0) is 20.8 Å². The minimum Gasteiger partial charge on any atom is -0.458 e. The standard InChI is InChI=1S/C21H24FN3O4/c1-14(2)29-21(27)19-12-18-17(25(19)13-20(26)23-9-11-28-3)8-10-24(18)16-6-4-15(22)5-7-16/h4-8,10,12,14H,9,11,13H2,1-3H3,(H,23,26). The van der Waals surface area contributed by atoms with Crippen LogP contribution >= 0.6 is 0 Å². The highest BCUT2D eigenvalue weighted by Gasteiger charge is 2.22. The molecule has 0 aliphatic heterocycles. The molecule has 3 aromatic rings. The number of rotatable bonds is 8. The summed E-state index contributed by atoms with van der Waals surface area (Å²) in [4.78, 5) is 25.0. The summed E-state index contributed by atoms with van der Waals surface area (Å²) in [6, 6.07) is 9.54. The number of amides is 1. The first-order valence-electron chi connectivity index (χ1n) is 9.34. The van der Waals surface area contributed by atoms with E-state index in [0.717, 1.165) is 11.2 Å². The van der Waals surface area contributed by atoms with Gasteiger partial charge in [-0.2, -0.15) is 0 Å². The number of methoxy groups -OCH3 is 1. The molecule has 1 N–H and O–H groups in total. The number of aromatic nitrogens is 2. The Bertz CT molecular complexity index is 1010. The number of fused-ring (bicyclic) bond motifs is 1. The SMILES string of the molecule is COCCNC(=O)Cn1c(C(=O)OC(C)C)cc2c1ccn2-c1ccc(F)cc1. The van der Waals surface area contributed by atoms with Gasteiger partial charge in [-0.05, 0) is 50.2 Å². The Labute approximate surface area is 168 Å². The van der Waals surface area contributed by atoms with E-state index in [1.165, 1.54) is 12.1 Å². The average Bonchev–Trinajstić information content (AvgIpc) is 3.22. The molecule has 0 atom stereocenters. The fraction of sp³-hybridized carbons (Fsp3) is 0.333. The summed E-state index contributed by atoms with van der Waals surface area (Å²) in [6.45, 7) is 4.27. The molecule has 0 radical (unpaired) electrons. The maximum atomic E-state index is 13.3. The first-order chi connectivity index (χ1) is 13.9. The summed E-state index contributed by atoms with van der Waals surface area (Å²) >= 11 is 0. The molecule has 0 aliphatic carbocycles. The Morgan fingerprint density at radius 3 is 2.52 bits per heavy atom. The number of carbonyl (C=O) groups is 2. The van der Waals surface area contributed by atoms with Gasteiger partial charge in [-0.25, -0.2) is 9.18 Å². The molecule has 0 fully saturated rings. The van der Waals surface area contributed by atoms with Crippen LogP contribution in [0.3, 0.4) is 0 Å². The van der Waals surface area contributed by atoms with Gasteiger partial charge in [0.15, 0.2) is 0 Å². The molecule has 0 aliphatic rings. The van der Waals surface area contributed by atoms with Gasteiger partial charge in [-0.15, -0.1) is 0 Å². The Morgan fingerprint density at radius 2 is 1.86 bits per heavy atom. The van der Waals surface area contributed by atoms with E-state index >= 15 is 0 Å². The normalized spacial score (nSPS) is 11.2. The monoisotopic (exact) mass is 401 g/mol. The molecule has 0 bridgehead atoms. The predicted octanol–water partition coefficient (Wildman–Crippen LogP) is 2.90. The highest BCUT2D eigenvalue weighted by molar-refractivity contribution is 5.96. The van der Waals surface area contributed by atoms with Crippen molar-refractivity contribution in [2.45, 2.75) is 26.5 Å². The second kappa shape index (κ2) is 8.91. The van der Waals surface area contributed by atoms with Gasteiger partial charge in [-0.3, -0.25) is 4.79 Å². The molecule has 2 heterocycles. The summed E-state index contributed by atoms with van der Waals surface area (Å²) < 4.78 is 27.0. The number of carbonyl (C=O) groups excluding carboxylic acids is 2. The van der Waals surface area contributed by atoms with Crippen LogP contribution in [0.5, 0.6) is 0 Å². The second-order valence-electron chi connectivity index (χ2n) is 6.85. The topological polar surface area (TPSA) is 74.5 Å². The Hall–Kier alpha value is -3.13. The number of hydrogen-bond acceptors (Lipinski definition) is 4. The van der Waals surface area contributed by atoms with Gasteiger partial charge >= 0.3 is 5.97 Å². The minimum absolute atomic E-state index is 0.0385. The van der Waals surface area contributed by atoms with Gasteiger partial charge in [0.2, 0.25) is 5.91 Å². The summed E-state index contributed by atoms with van der Waals surface area (Å²) in [6.07, 6.45) is 1.52. The first kappa shape index (κ1) is 20.6. The maximum absolute atomic E-state index is 13.3. The molecular formula is C21H24FN3O4. The molecule has 0 spiro atoms. The molecule has 7 nitrogen and oxygen atoms in total. The van der Waals surface area contributed by atoms with Crippen LogP contribution in [-0.4, -0.2) is 47.4 Å². The van der Waals surface area contributed by atoms with Crippen molar-refractivity contribution in [1.82, 2.24) is 14.5 Å². The van der Waals surface area contributed by atoms with Crippen LogP contribution in [0.1, 0.15) is 24.3 Å². The van der Waals surface area contributed by atoms with Crippen molar-refractivity contribution in [3.8, 4) is 5.69 Å². The molecule has 3 rings (SSSR count). The lowest BCUT2D eigenvalue weighted by atomic mass is 10.3. The highest BCUT2D eigenvalue weighted by atomic mass is 19.1. The molecule has 0 saturated heterocycles. The second-order valence-corrected chi connectivity index (χ2v) is 6.85. The zero-order valence-electron chi connectivity index (χ0n) is 16.6. The number of esters is 1. The van der Waals surface area contributed by atoms with Crippen molar-refractivity contribution in [1.29, 1.82) is 0 Å². The van der Waals surface area contributed by atoms with Crippen LogP contribution in [0, 0.1) is 5.82 Å². The van der Waals surface area contributed by atoms with Crippen molar-refractivity contribution in [3.63, 3.8) is 0 Å². The van der Waals surface area contributed by atoms with E-state index in [9.17, 15) is 14.0 Å². The molecule has 8 heteroatoms. The van der Waals surface area contributed by atoms with Crippen molar-refractivity contribution >= 4 is 22.9 Å². The molecule has 0 unspecified atom stereocenters. The van der Waals surface area contributed by atoms with Gasteiger partial charge in [0, 0.05) is 25.5 Å². The van der Waals surface area contributed by atoms with E-state index in [-0.39, 0.29) is 30.1 Å².